The average molecular weight is 579 g/mol. The monoisotopic (exact) mass is 578 g/mol. The van der Waals surface area contributed by atoms with Crippen LogP contribution in [-0.4, -0.2) is 36.6 Å². The van der Waals surface area contributed by atoms with Gasteiger partial charge in [-0.25, -0.2) is 0 Å². The van der Waals surface area contributed by atoms with Gasteiger partial charge in [-0.15, -0.1) is 0 Å². The van der Waals surface area contributed by atoms with E-state index in [9.17, 15) is 10.2 Å². The van der Waals surface area contributed by atoms with Gasteiger partial charge in [0.1, 0.15) is 35.5 Å². The number of rotatable bonds is 14. The van der Waals surface area contributed by atoms with E-state index in [1.807, 2.05) is 24.3 Å². The van der Waals surface area contributed by atoms with Crippen LogP contribution in [0.1, 0.15) is 48.9 Å². The molecule has 43 heavy (non-hydrogen) atoms. The second-order valence-corrected chi connectivity index (χ2v) is 10.6. The predicted molar refractivity (Wildman–Crippen MR) is 169 cm³/mol. The van der Waals surface area contributed by atoms with Crippen molar-refractivity contribution in [2.24, 2.45) is 0 Å². The van der Waals surface area contributed by atoms with Crippen LogP contribution >= 0.6 is 0 Å². The van der Waals surface area contributed by atoms with Crippen molar-refractivity contribution in [3.63, 3.8) is 0 Å². The fourth-order valence-electron chi connectivity index (χ4n) is 5.65. The summed E-state index contributed by atoms with van der Waals surface area (Å²) in [5.74, 6) is 1.89. The lowest BCUT2D eigenvalue weighted by Gasteiger charge is -2.34. The molecule has 0 bridgehead atoms. The molecule has 0 aromatic heterocycles. The Kier molecular flexibility index (Phi) is 9.57. The molecule has 6 nitrogen and oxygen atoms in total. The summed E-state index contributed by atoms with van der Waals surface area (Å²) in [5, 5.41) is 18.4. The first kappa shape index (κ1) is 29.6. The molecule has 6 heteroatoms. The highest BCUT2D eigenvalue weighted by Gasteiger charge is 2.45. The Balaban J connectivity index is 1.41. The lowest BCUT2D eigenvalue weighted by molar-refractivity contribution is 0.197. The van der Waals surface area contributed by atoms with Gasteiger partial charge in [0, 0.05) is 12.8 Å². The van der Waals surface area contributed by atoms with Gasteiger partial charge in [0.15, 0.2) is 0 Å². The summed E-state index contributed by atoms with van der Waals surface area (Å²) < 4.78 is 22.6. The zero-order chi connectivity index (χ0) is 30.1. The maximum absolute atomic E-state index is 9.20. The van der Waals surface area contributed by atoms with Gasteiger partial charge in [-0.2, -0.15) is 0 Å². The molecule has 0 saturated carbocycles. The van der Waals surface area contributed by atoms with Gasteiger partial charge in [-0.3, -0.25) is 0 Å². The third-order valence-corrected chi connectivity index (χ3v) is 7.39. The molecule has 1 aliphatic rings. The van der Waals surface area contributed by atoms with E-state index < -0.39 is 5.41 Å². The van der Waals surface area contributed by atoms with Crippen LogP contribution in [-0.2, 0) is 14.9 Å². The molecular weight excluding hydrogens is 540 g/mol. The first-order valence-electron chi connectivity index (χ1n) is 14.6. The Morgan fingerprint density at radius 1 is 0.558 bits per heavy atom. The third-order valence-electron chi connectivity index (χ3n) is 7.39. The van der Waals surface area contributed by atoms with Crippen molar-refractivity contribution in [1.82, 2.24) is 0 Å². The Labute approximate surface area is 253 Å². The minimum Gasteiger partial charge on any atom is -0.509 e. The molecule has 1 aliphatic carbocycles. The highest BCUT2D eigenvalue weighted by molar-refractivity contribution is 5.86. The van der Waals surface area contributed by atoms with Gasteiger partial charge in [0.05, 0.1) is 31.8 Å². The molecule has 0 amide bonds. The summed E-state index contributed by atoms with van der Waals surface area (Å²) in [5.41, 5.74) is 6.76. The van der Waals surface area contributed by atoms with Crippen LogP contribution in [0.15, 0.2) is 121 Å². The highest BCUT2D eigenvalue weighted by atomic mass is 16.5. The predicted octanol–water partition coefficient (Wildman–Crippen LogP) is 8.46. The molecule has 4 aromatic carbocycles. The normalized spacial score (nSPS) is 13.6. The fourth-order valence-corrected chi connectivity index (χ4v) is 5.65. The van der Waals surface area contributed by atoms with Crippen molar-refractivity contribution in [1.29, 1.82) is 0 Å². The number of aliphatic hydroxyl groups is 2. The van der Waals surface area contributed by atoms with E-state index in [0.717, 1.165) is 22.6 Å². The van der Waals surface area contributed by atoms with E-state index >= 15 is 0 Å². The average Bonchev–Trinajstić information content (AvgIpc) is 3.32. The molecular formula is C37H38O6. The minimum absolute atomic E-state index is 0.149. The fraction of sp³-hybridized carbons (Fsp3) is 0.243. The summed E-state index contributed by atoms with van der Waals surface area (Å²) in [6.07, 6.45) is 4.10. The van der Waals surface area contributed by atoms with Crippen molar-refractivity contribution in [2.75, 3.05) is 26.4 Å². The summed E-state index contributed by atoms with van der Waals surface area (Å²) in [6.45, 7) is 5.13. The van der Waals surface area contributed by atoms with Gasteiger partial charge in [0.2, 0.25) is 0 Å². The van der Waals surface area contributed by atoms with Crippen LogP contribution in [0.25, 0.3) is 11.1 Å². The van der Waals surface area contributed by atoms with Gasteiger partial charge >= 0.3 is 0 Å². The van der Waals surface area contributed by atoms with E-state index in [4.69, 9.17) is 18.9 Å². The molecule has 0 saturated heterocycles. The Morgan fingerprint density at radius 2 is 0.953 bits per heavy atom. The maximum Gasteiger partial charge on any atom is 0.123 e. The van der Waals surface area contributed by atoms with Gasteiger partial charge in [0.25, 0.3) is 0 Å². The molecule has 0 unspecified atom stereocenters. The second-order valence-electron chi connectivity index (χ2n) is 10.6. The first-order chi connectivity index (χ1) is 21.0. The molecule has 5 rings (SSSR count). The topological polar surface area (TPSA) is 77.4 Å². The second kappa shape index (κ2) is 13.9. The first-order valence-corrected chi connectivity index (χ1v) is 14.6. The lowest BCUT2D eigenvalue weighted by Crippen LogP contribution is -2.28. The van der Waals surface area contributed by atoms with Crippen LogP contribution < -0.4 is 9.47 Å². The van der Waals surface area contributed by atoms with Gasteiger partial charge in [-0.1, -0.05) is 72.8 Å². The summed E-state index contributed by atoms with van der Waals surface area (Å²) in [4.78, 5) is 0. The Bertz CT molecular complexity index is 1430. The standard InChI is InChI=1S/C37H38O6/c1-27(38)25-40-21-7-23-42-31-17-13-29(14-18-31)37(35-11-5-3-9-33(35)34-10-4-6-12-36(34)37)30-15-19-32(20-16-30)43-24-8-22-41-26-28(2)39/h3-6,9-20,25-26,38-39H,7-8,21-24H2,1-2H3/b27-25+,28-26+. The molecule has 0 spiro atoms. The quantitative estimate of drug-likeness (QED) is 0.102. The van der Waals surface area contributed by atoms with Crippen molar-refractivity contribution >= 4 is 0 Å². The molecule has 0 aliphatic heterocycles. The van der Waals surface area contributed by atoms with E-state index in [1.165, 1.54) is 34.8 Å². The van der Waals surface area contributed by atoms with E-state index in [2.05, 4.69) is 72.8 Å². The number of aliphatic hydroxyl groups excluding tert-OH is 2. The summed E-state index contributed by atoms with van der Waals surface area (Å²) >= 11 is 0. The molecule has 2 N–H and O–H groups in total. The van der Waals surface area contributed by atoms with Crippen molar-refractivity contribution in [3.05, 3.63) is 143 Å². The summed E-state index contributed by atoms with van der Waals surface area (Å²) in [7, 11) is 0. The SMILES string of the molecule is C/C(O)=C\OCCCOc1ccc(C2(c3ccc(OCCCO/C=C(\C)O)cc3)c3ccccc3-c3ccccc32)cc1. The minimum atomic E-state index is -0.505. The molecule has 0 fully saturated rings. The zero-order valence-corrected chi connectivity index (χ0v) is 24.7. The Morgan fingerprint density at radius 3 is 1.35 bits per heavy atom. The summed E-state index contributed by atoms with van der Waals surface area (Å²) in [6, 6.07) is 34.1. The number of ether oxygens (including phenoxy) is 4. The van der Waals surface area contributed by atoms with Crippen molar-refractivity contribution in [3.8, 4) is 22.6 Å². The van der Waals surface area contributed by atoms with E-state index in [0.29, 0.717) is 39.3 Å². The third kappa shape index (κ3) is 6.64. The van der Waals surface area contributed by atoms with Crippen LogP contribution in [0.4, 0.5) is 0 Å². The molecule has 0 atom stereocenters. The van der Waals surface area contributed by atoms with Crippen LogP contribution in [0.2, 0.25) is 0 Å². The lowest BCUT2D eigenvalue weighted by atomic mass is 9.68. The largest absolute Gasteiger partial charge is 0.509 e. The van der Waals surface area contributed by atoms with Crippen LogP contribution in [0.3, 0.4) is 0 Å². The van der Waals surface area contributed by atoms with E-state index in [1.54, 1.807) is 13.8 Å². The zero-order valence-electron chi connectivity index (χ0n) is 24.7. The van der Waals surface area contributed by atoms with Gasteiger partial charge in [-0.05, 0) is 71.5 Å². The smallest absolute Gasteiger partial charge is 0.123 e. The molecule has 0 heterocycles. The highest BCUT2D eigenvalue weighted by Crippen LogP contribution is 2.56. The Hall–Kier alpha value is -4.84. The van der Waals surface area contributed by atoms with Crippen molar-refractivity contribution in [2.45, 2.75) is 32.1 Å². The molecule has 222 valence electrons. The van der Waals surface area contributed by atoms with Crippen LogP contribution in [0.5, 0.6) is 11.5 Å². The van der Waals surface area contributed by atoms with Crippen LogP contribution in [0, 0.1) is 0 Å². The van der Waals surface area contributed by atoms with E-state index in [-0.39, 0.29) is 11.5 Å². The number of hydrogen-bond acceptors (Lipinski definition) is 6. The number of fused-ring (bicyclic) bond motifs is 3. The molecule has 0 radical (unpaired) electrons. The maximum atomic E-state index is 9.20. The molecule has 4 aromatic rings. The van der Waals surface area contributed by atoms with Gasteiger partial charge < -0.3 is 29.2 Å². The number of allylic oxidation sites excluding steroid dienone is 2. The number of hydrogen-bond donors (Lipinski definition) is 2. The number of benzene rings is 4. The van der Waals surface area contributed by atoms with Crippen molar-refractivity contribution < 1.29 is 29.2 Å².